The number of Topliss-reactive ketones (excluding diaryl/α,β-unsaturated/α-hetero) is 1. The fourth-order valence-electron chi connectivity index (χ4n) is 2.02. The number of benzene rings is 2. The highest BCUT2D eigenvalue weighted by Crippen LogP contribution is 2.21. The van der Waals surface area contributed by atoms with Crippen LogP contribution in [0.5, 0.6) is 5.75 Å². The van der Waals surface area contributed by atoms with E-state index in [0.29, 0.717) is 47.9 Å². The highest BCUT2D eigenvalue weighted by atomic mass is 16.5. The lowest BCUT2D eigenvalue weighted by molar-refractivity contribution is -0.139. The van der Waals surface area contributed by atoms with E-state index in [1.54, 1.807) is 55.5 Å². The maximum atomic E-state index is 11.2. The first-order valence-corrected chi connectivity index (χ1v) is 8.54. The molecule has 140 valence electrons. The summed E-state index contributed by atoms with van der Waals surface area (Å²) < 4.78 is 10.6. The second-order valence-electron chi connectivity index (χ2n) is 5.92. The molecule has 0 unspecified atom stereocenters. The Balaban J connectivity index is 1.78. The molecule has 0 saturated carbocycles. The third kappa shape index (κ3) is 6.86. The van der Waals surface area contributed by atoms with E-state index in [0.717, 1.165) is 0 Å². The van der Waals surface area contributed by atoms with E-state index in [9.17, 15) is 9.59 Å². The van der Waals surface area contributed by atoms with Crippen LogP contribution < -0.4 is 4.74 Å². The summed E-state index contributed by atoms with van der Waals surface area (Å²) in [5, 5.41) is 8.30. The highest BCUT2D eigenvalue weighted by molar-refractivity contribution is 5.94. The first kappa shape index (κ1) is 20.0. The maximum Gasteiger partial charge on any atom is 0.333 e. The number of nitrogens with zero attached hydrogens (tertiary/aromatic N) is 2. The number of carbonyl (C=O) groups excluding carboxylic acids is 2. The lowest BCUT2D eigenvalue weighted by Gasteiger charge is -2.07. The molecule has 6 nitrogen and oxygen atoms in total. The van der Waals surface area contributed by atoms with Crippen molar-refractivity contribution in [2.45, 2.75) is 20.3 Å². The second kappa shape index (κ2) is 10.0. The first-order chi connectivity index (χ1) is 13.0. The molecule has 0 spiro atoms. The predicted molar refractivity (Wildman–Crippen MR) is 103 cm³/mol. The SMILES string of the molecule is C=C(C)C(=O)OCCCOc1ccc(N=Nc2ccc(C(C)=O)cc2)cc1. The third-order valence-electron chi connectivity index (χ3n) is 3.53. The number of ether oxygens (including phenoxy) is 2. The molecule has 27 heavy (non-hydrogen) atoms. The van der Waals surface area contributed by atoms with Crippen molar-refractivity contribution in [1.82, 2.24) is 0 Å². The Labute approximate surface area is 158 Å². The largest absolute Gasteiger partial charge is 0.493 e. The molecule has 0 N–H and O–H groups in total. The van der Waals surface area contributed by atoms with Crippen LogP contribution in [-0.4, -0.2) is 25.0 Å². The van der Waals surface area contributed by atoms with Gasteiger partial charge in [0.05, 0.1) is 24.6 Å². The van der Waals surface area contributed by atoms with Crippen LogP contribution >= 0.6 is 0 Å². The Morgan fingerprint density at radius 2 is 1.44 bits per heavy atom. The van der Waals surface area contributed by atoms with Crippen molar-refractivity contribution in [3.8, 4) is 5.75 Å². The van der Waals surface area contributed by atoms with Gasteiger partial charge < -0.3 is 9.47 Å². The molecular formula is C21H22N2O4. The van der Waals surface area contributed by atoms with Crippen molar-refractivity contribution in [1.29, 1.82) is 0 Å². The van der Waals surface area contributed by atoms with Crippen LogP contribution in [0, 0.1) is 0 Å². The number of azo groups is 1. The van der Waals surface area contributed by atoms with Gasteiger partial charge in [0.25, 0.3) is 0 Å². The molecule has 2 rings (SSSR count). The molecule has 2 aromatic carbocycles. The second-order valence-corrected chi connectivity index (χ2v) is 5.92. The van der Waals surface area contributed by atoms with E-state index in [1.165, 1.54) is 6.92 Å². The van der Waals surface area contributed by atoms with E-state index in [4.69, 9.17) is 9.47 Å². The number of ketones is 1. The fraction of sp³-hybridized carbons (Fsp3) is 0.238. The number of rotatable bonds is 9. The fourth-order valence-corrected chi connectivity index (χ4v) is 2.02. The summed E-state index contributed by atoms with van der Waals surface area (Å²) in [6.45, 7) is 7.38. The average Bonchev–Trinajstić information content (AvgIpc) is 2.67. The van der Waals surface area contributed by atoms with Crippen molar-refractivity contribution < 1.29 is 19.1 Å². The molecule has 0 aliphatic heterocycles. The average molecular weight is 366 g/mol. The molecule has 0 heterocycles. The zero-order chi connectivity index (χ0) is 19.6. The predicted octanol–water partition coefficient (Wildman–Crippen LogP) is 5.19. The first-order valence-electron chi connectivity index (χ1n) is 8.54. The van der Waals surface area contributed by atoms with Crippen molar-refractivity contribution >= 4 is 23.1 Å². The monoisotopic (exact) mass is 366 g/mol. The van der Waals surface area contributed by atoms with Gasteiger partial charge in [-0.15, -0.1) is 0 Å². The van der Waals surface area contributed by atoms with Crippen molar-refractivity contribution in [3.05, 3.63) is 66.2 Å². The van der Waals surface area contributed by atoms with Gasteiger partial charge >= 0.3 is 5.97 Å². The molecule has 0 amide bonds. The van der Waals surface area contributed by atoms with E-state index in [-0.39, 0.29) is 11.8 Å². The van der Waals surface area contributed by atoms with Crippen LogP contribution in [0.3, 0.4) is 0 Å². The summed E-state index contributed by atoms with van der Waals surface area (Å²) in [5.74, 6) is 0.328. The molecule has 0 aromatic heterocycles. The van der Waals surface area contributed by atoms with E-state index < -0.39 is 0 Å². The quantitative estimate of drug-likeness (QED) is 0.201. The van der Waals surface area contributed by atoms with Crippen LogP contribution in [0.2, 0.25) is 0 Å². The Morgan fingerprint density at radius 1 is 0.889 bits per heavy atom. The van der Waals surface area contributed by atoms with E-state index >= 15 is 0 Å². The van der Waals surface area contributed by atoms with Crippen LogP contribution in [0.25, 0.3) is 0 Å². The summed E-state index contributed by atoms with van der Waals surface area (Å²) in [5.41, 5.74) is 2.39. The van der Waals surface area contributed by atoms with Gasteiger partial charge in [-0.05, 0) is 62.4 Å². The summed E-state index contributed by atoms with van der Waals surface area (Å²) in [7, 11) is 0. The lowest BCUT2D eigenvalue weighted by atomic mass is 10.1. The van der Waals surface area contributed by atoms with Gasteiger partial charge in [-0.2, -0.15) is 10.2 Å². The number of hydrogen-bond donors (Lipinski definition) is 0. The Hall–Kier alpha value is -3.28. The smallest absolute Gasteiger partial charge is 0.333 e. The van der Waals surface area contributed by atoms with Gasteiger partial charge in [0.1, 0.15) is 5.75 Å². The summed E-state index contributed by atoms with van der Waals surface area (Å²) >= 11 is 0. The molecule has 0 bridgehead atoms. The van der Waals surface area contributed by atoms with Gasteiger partial charge in [0.15, 0.2) is 5.78 Å². The third-order valence-corrected chi connectivity index (χ3v) is 3.53. The minimum Gasteiger partial charge on any atom is -0.493 e. The molecule has 0 aliphatic carbocycles. The molecule has 0 aliphatic rings. The number of carbonyl (C=O) groups is 2. The van der Waals surface area contributed by atoms with Gasteiger partial charge in [0, 0.05) is 17.6 Å². The van der Waals surface area contributed by atoms with Gasteiger partial charge in [0.2, 0.25) is 0 Å². The molecular weight excluding hydrogens is 344 g/mol. The highest BCUT2D eigenvalue weighted by Gasteiger charge is 2.02. The van der Waals surface area contributed by atoms with Crippen molar-refractivity contribution in [2.24, 2.45) is 10.2 Å². The molecule has 0 radical (unpaired) electrons. The molecule has 6 heteroatoms. The Morgan fingerprint density at radius 3 is 1.96 bits per heavy atom. The zero-order valence-corrected chi connectivity index (χ0v) is 15.5. The number of esters is 1. The molecule has 2 aromatic rings. The van der Waals surface area contributed by atoms with Gasteiger partial charge in [-0.25, -0.2) is 4.79 Å². The van der Waals surface area contributed by atoms with E-state index in [2.05, 4.69) is 16.8 Å². The van der Waals surface area contributed by atoms with Crippen LogP contribution in [-0.2, 0) is 9.53 Å². The maximum absolute atomic E-state index is 11.2. The van der Waals surface area contributed by atoms with Gasteiger partial charge in [-0.1, -0.05) is 6.58 Å². The van der Waals surface area contributed by atoms with Gasteiger partial charge in [-0.3, -0.25) is 4.79 Å². The topological polar surface area (TPSA) is 77.3 Å². The Kier molecular flexibility index (Phi) is 7.43. The normalized spacial score (nSPS) is 10.6. The van der Waals surface area contributed by atoms with Crippen LogP contribution in [0.1, 0.15) is 30.6 Å². The minimum atomic E-state index is -0.388. The summed E-state index contributed by atoms with van der Waals surface area (Å²) in [6, 6.07) is 14.1. The molecule has 0 atom stereocenters. The number of hydrogen-bond acceptors (Lipinski definition) is 6. The van der Waals surface area contributed by atoms with Crippen molar-refractivity contribution in [3.63, 3.8) is 0 Å². The van der Waals surface area contributed by atoms with Crippen molar-refractivity contribution in [2.75, 3.05) is 13.2 Å². The lowest BCUT2D eigenvalue weighted by Crippen LogP contribution is -2.09. The standard InChI is InChI=1S/C21H22N2O4/c1-15(2)21(25)27-14-4-13-26-20-11-9-19(10-12-20)23-22-18-7-5-17(6-8-18)16(3)24/h5-12H,1,4,13-14H2,2-3H3. The summed E-state index contributed by atoms with van der Waals surface area (Å²) in [6.07, 6.45) is 0.594. The molecule has 0 fully saturated rings. The Bertz CT molecular complexity index is 824. The van der Waals surface area contributed by atoms with Crippen LogP contribution in [0.4, 0.5) is 11.4 Å². The van der Waals surface area contributed by atoms with Crippen LogP contribution in [0.15, 0.2) is 70.9 Å². The molecule has 0 saturated heterocycles. The zero-order valence-electron chi connectivity index (χ0n) is 15.5. The minimum absolute atomic E-state index is 0.0167. The summed E-state index contributed by atoms with van der Waals surface area (Å²) in [4.78, 5) is 22.5. The van der Waals surface area contributed by atoms with E-state index in [1.807, 2.05) is 0 Å².